The molecule has 1 heterocycles. The van der Waals surface area contributed by atoms with Gasteiger partial charge in [0.15, 0.2) is 0 Å². The highest BCUT2D eigenvalue weighted by molar-refractivity contribution is 5.92. The number of carbonyl (C=O) groups excluding carboxylic acids is 1. The Morgan fingerprint density at radius 3 is 2.86 bits per heavy atom. The first kappa shape index (κ1) is 14.4. The van der Waals surface area contributed by atoms with E-state index in [1.165, 1.54) is 0 Å². The van der Waals surface area contributed by atoms with Gasteiger partial charge in [0.2, 0.25) is 17.5 Å². The third-order valence-corrected chi connectivity index (χ3v) is 2.52. The molecule has 0 fully saturated rings. The molecule has 2 aromatic rings. The number of nitrogens with two attached hydrogens (primary N) is 1. The van der Waals surface area contributed by atoms with Crippen LogP contribution in [0.4, 0.5) is 16.0 Å². The third-order valence-electron chi connectivity index (χ3n) is 2.52. The number of non-ortho nitro benzene ring substituents is 1. The first-order valence-corrected chi connectivity index (χ1v) is 5.81. The summed E-state index contributed by atoms with van der Waals surface area (Å²) in [5.41, 5.74) is 4.64. The molecule has 110 valence electrons. The number of rotatable bonds is 4. The lowest BCUT2D eigenvalue weighted by Crippen LogP contribution is -2.07. The second-order valence-electron chi connectivity index (χ2n) is 3.87. The van der Waals surface area contributed by atoms with Crippen LogP contribution in [0, 0.1) is 15.9 Å². The molecule has 9 heteroatoms. The van der Waals surface area contributed by atoms with E-state index >= 15 is 0 Å². The molecule has 0 spiro atoms. The van der Waals surface area contributed by atoms with Gasteiger partial charge in [0, 0.05) is 6.07 Å². The highest BCUT2D eigenvalue weighted by Crippen LogP contribution is 2.28. The Balaban J connectivity index is 2.41. The van der Waals surface area contributed by atoms with Crippen molar-refractivity contribution in [3.63, 3.8) is 0 Å². The van der Waals surface area contributed by atoms with Crippen molar-refractivity contribution in [3.05, 3.63) is 39.8 Å². The lowest BCUT2D eigenvalue weighted by atomic mass is 10.2. The van der Waals surface area contributed by atoms with Gasteiger partial charge in [-0.15, -0.1) is 0 Å². The summed E-state index contributed by atoms with van der Waals surface area (Å²) in [6.07, 6.45) is 0. The number of ether oxygens (including phenoxy) is 1. The Morgan fingerprint density at radius 1 is 1.57 bits per heavy atom. The minimum Gasteiger partial charge on any atom is -0.461 e. The van der Waals surface area contributed by atoms with E-state index < -0.39 is 22.4 Å². The molecule has 1 aromatic carbocycles. The van der Waals surface area contributed by atoms with Gasteiger partial charge in [0.05, 0.1) is 23.2 Å². The maximum absolute atomic E-state index is 13.8. The average molecular weight is 295 g/mol. The molecule has 1 aromatic heterocycles. The molecule has 0 aliphatic rings. The van der Waals surface area contributed by atoms with E-state index in [-0.39, 0.29) is 29.6 Å². The van der Waals surface area contributed by atoms with Crippen LogP contribution in [0.1, 0.15) is 17.4 Å². The Kier molecular flexibility index (Phi) is 3.83. The Labute approximate surface area is 117 Å². The minimum absolute atomic E-state index is 0.117. The van der Waals surface area contributed by atoms with Gasteiger partial charge in [-0.2, -0.15) is 4.98 Å². The third kappa shape index (κ3) is 2.81. The van der Waals surface area contributed by atoms with E-state index in [1.807, 2.05) is 0 Å². The highest BCUT2D eigenvalue weighted by atomic mass is 19.1. The molecular formula is C12H10FN3O5. The zero-order valence-corrected chi connectivity index (χ0v) is 10.8. The number of nitrogen functional groups attached to an aromatic ring is 1. The van der Waals surface area contributed by atoms with Crippen molar-refractivity contribution >= 4 is 17.5 Å². The predicted molar refractivity (Wildman–Crippen MR) is 68.9 cm³/mol. The summed E-state index contributed by atoms with van der Waals surface area (Å²) in [6, 6.07) is 2.93. The van der Waals surface area contributed by atoms with Gasteiger partial charge < -0.3 is 14.9 Å². The van der Waals surface area contributed by atoms with Gasteiger partial charge in [0.25, 0.3) is 5.69 Å². The van der Waals surface area contributed by atoms with Crippen molar-refractivity contribution in [3.8, 4) is 11.5 Å². The van der Waals surface area contributed by atoms with Crippen molar-refractivity contribution < 1.29 is 23.3 Å². The summed E-state index contributed by atoms with van der Waals surface area (Å²) in [5.74, 6) is -2.29. The standard InChI is InChI=1S/C12H10FN3O5/c1-2-20-12(17)9-10(14)21-11(15-9)7-4-3-6(16(18)19)5-8(7)13/h3-5H,2,14H2,1H3. The summed E-state index contributed by atoms with van der Waals surface area (Å²) in [4.78, 5) is 25.1. The van der Waals surface area contributed by atoms with Crippen molar-refractivity contribution in [2.24, 2.45) is 0 Å². The number of benzene rings is 1. The molecule has 0 radical (unpaired) electrons. The van der Waals surface area contributed by atoms with Crippen molar-refractivity contribution in [1.82, 2.24) is 4.98 Å². The van der Waals surface area contributed by atoms with Crippen LogP contribution in [-0.4, -0.2) is 22.5 Å². The lowest BCUT2D eigenvalue weighted by Gasteiger charge is -1.98. The van der Waals surface area contributed by atoms with E-state index in [4.69, 9.17) is 14.9 Å². The number of aromatic nitrogens is 1. The smallest absolute Gasteiger partial charge is 0.362 e. The zero-order valence-electron chi connectivity index (χ0n) is 10.8. The number of oxazole rings is 1. The molecule has 21 heavy (non-hydrogen) atoms. The van der Waals surface area contributed by atoms with Gasteiger partial charge in [-0.05, 0) is 13.0 Å². The predicted octanol–water partition coefficient (Wildman–Crippen LogP) is 2.15. The molecule has 2 N–H and O–H groups in total. The monoisotopic (exact) mass is 295 g/mol. The topological polar surface area (TPSA) is 121 Å². The van der Waals surface area contributed by atoms with Crippen LogP contribution in [-0.2, 0) is 4.74 Å². The summed E-state index contributed by atoms with van der Waals surface area (Å²) in [5, 5.41) is 10.5. The number of hydrogen-bond donors (Lipinski definition) is 1. The van der Waals surface area contributed by atoms with E-state index in [1.54, 1.807) is 6.92 Å². The molecule has 2 rings (SSSR count). The quantitative estimate of drug-likeness (QED) is 0.521. The van der Waals surface area contributed by atoms with Gasteiger partial charge in [0.1, 0.15) is 5.82 Å². The zero-order chi connectivity index (χ0) is 15.6. The lowest BCUT2D eigenvalue weighted by molar-refractivity contribution is -0.385. The molecule has 8 nitrogen and oxygen atoms in total. The normalized spacial score (nSPS) is 10.4. The fourth-order valence-electron chi connectivity index (χ4n) is 1.58. The van der Waals surface area contributed by atoms with E-state index in [9.17, 15) is 19.3 Å². The molecule has 0 aliphatic heterocycles. The van der Waals surface area contributed by atoms with Gasteiger partial charge in [-0.1, -0.05) is 0 Å². The number of carbonyl (C=O) groups is 1. The summed E-state index contributed by atoms with van der Waals surface area (Å²) in [7, 11) is 0. The maximum Gasteiger partial charge on any atom is 0.362 e. The number of esters is 1. The fraction of sp³-hybridized carbons (Fsp3) is 0.167. The van der Waals surface area contributed by atoms with Crippen LogP contribution in [0.25, 0.3) is 11.5 Å². The van der Waals surface area contributed by atoms with Crippen molar-refractivity contribution in [1.29, 1.82) is 0 Å². The number of anilines is 1. The molecule has 0 atom stereocenters. The van der Waals surface area contributed by atoms with E-state index in [0.29, 0.717) is 0 Å². The Bertz CT molecular complexity index is 713. The number of nitrogens with zero attached hydrogens (tertiary/aromatic N) is 2. The first-order chi connectivity index (χ1) is 9.93. The maximum atomic E-state index is 13.8. The van der Waals surface area contributed by atoms with E-state index in [2.05, 4.69) is 4.98 Å². The molecule has 0 bridgehead atoms. The molecular weight excluding hydrogens is 285 g/mol. The SMILES string of the molecule is CCOC(=O)c1nc(-c2ccc([N+](=O)[O-])cc2F)oc1N. The average Bonchev–Trinajstić information content (AvgIpc) is 2.80. The fourth-order valence-corrected chi connectivity index (χ4v) is 1.58. The molecule has 0 amide bonds. The highest BCUT2D eigenvalue weighted by Gasteiger charge is 2.22. The van der Waals surface area contributed by atoms with Crippen molar-refractivity contribution in [2.45, 2.75) is 6.92 Å². The van der Waals surface area contributed by atoms with Crippen LogP contribution >= 0.6 is 0 Å². The number of nitro benzene ring substituents is 1. The summed E-state index contributed by atoms with van der Waals surface area (Å²) < 4.78 is 23.5. The second kappa shape index (κ2) is 5.57. The van der Waals surface area contributed by atoms with Crippen LogP contribution < -0.4 is 5.73 Å². The van der Waals surface area contributed by atoms with Crippen LogP contribution in [0.2, 0.25) is 0 Å². The molecule has 0 saturated carbocycles. The summed E-state index contributed by atoms with van der Waals surface area (Å²) in [6.45, 7) is 1.72. The number of hydrogen-bond acceptors (Lipinski definition) is 7. The first-order valence-electron chi connectivity index (χ1n) is 5.81. The van der Waals surface area contributed by atoms with Gasteiger partial charge in [-0.25, -0.2) is 9.18 Å². The van der Waals surface area contributed by atoms with Gasteiger partial charge in [-0.3, -0.25) is 10.1 Å². The van der Waals surface area contributed by atoms with Crippen LogP contribution in [0.15, 0.2) is 22.6 Å². The second-order valence-corrected chi connectivity index (χ2v) is 3.87. The minimum atomic E-state index is -0.916. The summed E-state index contributed by atoms with van der Waals surface area (Å²) >= 11 is 0. The van der Waals surface area contributed by atoms with Crippen LogP contribution in [0.3, 0.4) is 0 Å². The Morgan fingerprint density at radius 2 is 2.29 bits per heavy atom. The largest absolute Gasteiger partial charge is 0.461 e. The van der Waals surface area contributed by atoms with Crippen molar-refractivity contribution in [2.75, 3.05) is 12.3 Å². The Hall–Kier alpha value is -2.97. The number of halogens is 1. The molecule has 0 saturated heterocycles. The van der Waals surface area contributed by atoms with Crippen LogP contribution in [0.5, 0.6) is 0 Å². The van der Waals surface area contributed by atoms with E-state index in [0.717, 1.165) is 18.2 Å². The van der Waals surface area contributed by atoms with Gasteiger partial charge >= 0.3 is 5.97 Å². The molecule has 0 aliphatic carbocycles. The number of nitro groups is 1. The molecule has 0 unspecified atom stereocenters.